The fraction of sp³-hybridized carbons (Fsp3) is 0.526. The van der Waals surface area contributed by atoms with Crippen molar-refractivity contribution in [3.05, 3.63) is 29.8 Å². The number of hydrogen-bond acceptors (Lipinski definition) is 8. The SMILES string of the molecule is Nc1ccc(CN(CCNCC(=O)O)CCN(CCNCC(=O)O)CC(=O)O)cc1. The van der Waals surface area contributed by atoms with Gasteiger partial charge >= 0.3 is 17.9 Å². The summed E-state index contributed by atoms with van der Waals surface area (Å²) in [7, 11) is 0. The van der Waals surface area contributed by atoms with Crippen molar-refractivity contribution in [2.75, 3.05) is 64.6 Å². The minimum atomic E-state index is -0.969. The van der Waals surface area contributed by atoms with E-state index in [9.17, 15) is 14.4 Å². The number of benzene rings is 1. The number of anilines is 1. The van der Waals surface area contributed by atoms with E-state index in [1.165, 1.54) is 0 Å². The summed E-state index contributed by atoms with van der Waals surface area (Å²) < 4.78 is 0. The van der Waals surface area contributed by atoms with Crippen molar-refractivity contribution in [1.29, 1.82) is 0 Å². The Kier molecular flexibility index (Phi) is 12.0. The lowest BCUT2D eigenvalue weighted by Crippen LogP contribution is -2.43. The first-order valence-corrected chi connectivity index (χ1v) is 9.62. The first-order chi connectivity index (χ1) is 14.3. The quantitative estimate of drug-likeness (QED) is 0.131. The molecule has 0 fully saturated rings. The third-order valence-electron chi connectivity index (χ3n) is 4.24. The highest BCUT2D eigenvalue weighted by molar-refractivity contribution is 5.69. The van der Waals surface area contributed by atoms with Crippen LogP contribution in [0.25, 0.3) is 0 Å². The Hall–Kier alpha value is -2.73. The Morgan fingerprint density at radius 3 is 1.77 bits per heavy atom. The second kappa shape index (κ2) is 14.3. The van der Waals surface area contributed by atoms with Crippen LogP contribution in [0.3, 0.4) is 0 Å². The van der Waals surface area contributed by atoms with Gasteiger partial charge in [-0.15, -0.1) is 0 Å². The van der Waals surface area contributed by atoms with E-state index in [1.807, 2.05) is 12.1 Å². The van der Waals surface area contributed by atoms with Crippen molar-refractivity contribution in [3.63, 3.8) is 0 Å². The van der Waals surface area contributed by atoms with Crippen LogP contribution < -0.4 is 16.4 Å². The van der Waals surface area contributed by atoms with E-state index in [0.29, 0.717) is 51.5 Å². The van der Waals surface area contributed by atoms with Gasteiger partial charge in [0.05, 0.1) is 19.6 Å². The van der Waals surface area contributed by atoms with Gasteiger partial charge in [0.2, 0.25) is 0 Å². The van der Waals surface area contributed by atoms with Crippen molar-refractivity contribution < 1.29 is 29.7 Å². The largest absolute Gasteiger partial charge is 0.480 e. The van der Waals surface area contributed by atoms with Crippen molar-refractivity contribution >= 4 is 23.6 Å². The number of aliphatic carboxylic acids is 3. The van der Waals surface area contributed by atoms with Gasteiger partial charge in [-0.25, -0.2) is 0 Å². The molecule has 0 aliphatic rings. The summed E-state index contributed by atoms with van der Waals surface area (Å²) in [5, 5.41) is 32.1. The van der Waals surface area contributed by atoms with E-state index in [-0.39, 0.29) is 19.6 Å². The van der Waals surface area contributed by atoms with Crippen LogP contribution in [0.1, 0.15) is 5.56 Å². The molecule has 1 aromatic carbocycles. The van der Waals surface area contributed by atoms with E-state index >= 15 is 0 Å². The molecule has 168 valence electrons. The summed E-state index contributed by atoms with van der Waals surface area (Å²) in [6, 6.07) is 7.44. The molecule has 0 atom stereocenters. The number of nitrogens with one attached hydrogen (secondary N) is 2. The molecule has 0 aliphatic carbocycles. The molecule has 0 heterocycles. The van der Waals surface area contributed by atoms with Gasteiger partial charge in [0.1, 0.15) is 0 Å². The molecule has 0 radical (unpaired) electrons. The zero-order valence-electron chi connectivity index (χ0n) is 16.9. The fourth-order valence-corrected chi connectivity index (χ4v) is 2.76. The van der Waals surface area contributed by atoms with Crippen LogP contribution in [0.15, 0.2) is 24.3 Å². The molecule has 0 bridgehead atoms. The number of carbonyl (C=O) groups is 3. The molecule has 11 heteroatoms. The summed E-state index contributed by atoms with van der Waals surface area (Å²) in [4.78, 5) is 36.2. The number of hydrogen-bond donors (Lipinski definition) is 6. The van der Waals surface area contributed by atoms with Gasteiger partial charge in [-0.1, -0.05) is 12.1 Å². The lowest BCUT2D eigenvalue weighted by Gasteiger charge is -2.27. The lowest BCUT2D eigenvalue weighted by atomic mass is 10.2. The first-order valence-electron chi connectivity index (χ1n) is 9.62. The average molecular weight is 425 g/mol. The van der Waals surface area contributed by atoms with Crippen LogP contribution in [0.5, 0.6) is 0 Å². The third kappa shape index (κ3) is 12.7. The highest BCUT2D eigenvalue weighted by Crippen LogP contribution is 2.08. The summed E-state index contributed by atoms with van der Waals surface area (Å²) in [6.07, 6.45) is 0. The molecule has 7 N–H and O–H groups in total. The smallest absolute Gasteiger partial charge is 0.317 e. The van der Waals surface area contributed by atoms with Gasteiger partial charge in [0, 0.05) is 51.5 Å². The van der Waals surface area contributed by atoms with Crippen LogP contribution >= 0.6 is 0 Å². The second-order valence-electron chi connectivity index (χ2n) is 6.83. The molecule has 1 rings (SSSR count). The number of nitrogen functional groups attached to an aromatic ring is 1. The molecule has 0 saturated carbocycles. The van der Waals surface area contributed by atoms with Gasteiger partial charge in [-0.2, -0.15) is 0 Å². The molecule has 0 saturated heterocycles. The average Bonchev–Trinajstić information content (AvgIpc) is 2.66. The first kappa shape index (κ1) is 25.3. The fourth-order valence-electron chi connectivity index (χ4n) is 2.76. The number of carboxylic acids is 3. The van der Waals surface area contributed by atoms with E-state index in [0.717, 1.165) is 5.56 Å². The van der Waals surface area contributed by atoms with Crippen molar-refractivity contribution in [3.8, 4) is 0 Å². The molecule has 0 amide bonds. The molecule has 11 nitrogen and oxygen atoms in total. The zero-order valence-corrected chi connectivity index (χ0v) is 16.9. The minimum Gasteiger partial charge on any atom is -0.480 e. The molecule has 0 aliphatic heterocycles. The summed E-state index contributed by atoms with van der Waals surface area (Å²) in [6.45, 7) is 2.98. The van der Waals surface area contributed by atoms with Crippen LogP contribution in [0.2, 0.25) is 0 Å². The maximum atomic E-state index is 11.1. The Morgan fingerprint density at radius 1 is 0.767 bits per heavy atom. The molecule has 0 spiro atoms. The topological polar surface area (TPSA) is 168 Å². The van der Waals surface area contributed by atoms with Gasteiger partial charge in [-0.05, 0) is 17.7 Å². The Bertz CT molecular complexity index is 670. The summed E-state index contributed by atoms with van der Waals surface area (Å²) >= 11 is 0. The van der Waals surface area contributed by atoms with Crippen molar-refractivity contribution in [1.82, 2.24) is 20.4 Å². The van der Waals surface area contributed by atoms with Gasteiger partial charge in [0.15, 0.2) is 0 Å². The number of nitrogens with zero attached hydrogens (tertiary/aromatic N) is 2. The van der Waals surface area contributed by atoms with Gasteiger partial charge in [-0.3, -0.25) is 24.2 Å². The normalized spacial score (nSPS) is 11.1. The van der Waals surface area contributed by atoms with E-state index in [2.05, 4.69) is 15.5 Å². The van der Waals surface area contributed by atoms with Crippen LogP contribution in [0.4, 0.5) is 5.69 Å². The molecule has 1 aromatic rings. The molecular formula is C19H31N5O6. The van der Waals surface area contributed by atoms with Crippen LogP contribution in [0, 0.1) is 0 Å². The van der Waals surface area contributed by atoms with Crippen LogP contribution in [-0.4, -0.2) is 102 Å². The minimum absolute atomic E-state index is 0.129. The number of carboxylic acid groups (broad SMARTS) is 3. The Morgan fingerprint density at radius 2 is 1.27 bits per heavy atom. The standard InChI is InChI=1S/C19H31N5O6/c20-16-3-1-15(2-4-16)13-23(7-5-21-11-17(25)26)9-10-24(14-19(29)30)8-6-22-12-18(27)28/h1-4,21-22H,5-14,20H2,(H,25,26)(H,27,28)(H,29,30). The maximum absolute atomic E-state index is 11.1. The molecule has 30 heavy (non-hydrogen) atoms. The van der Waals surface area contributed by atoms with E-state index in [1.54, 1.807) is 17.0 Å². The van der Waals surface area contributed by atoms with Gasteiger partial charge < -0.3 is 31.7 Å². The third-order valence-corrected chi connectivity index (χ3v) is 4.24. The summed E-state index contributed by atoms with van der Waals surface area (Å²) in [5.74, 6) is -2.86. The molecule has 0 unspecified atom stereocenters. The van der Waals surface area contributed by atoms with Gasteiger partial charge in [0.25, 0.3) is 0 Å². The molecule has 0 aromatic heterocycles. The highest BCUT2D eigenvalue weighted by atomic mass is 16.4. The van der Waals surface area contributed by atoms with E-state index in [4.69, 9.17) is 21.1 Å². The predicted molar refractivity (Wildman–Crippen MR) is 111 cm³/mol. The lowest BCUT2D eigenvalue weighted by molar-refractivity contribution is -0.139. The number of nitrogens with two attached hydrogens (primary N) is 1. The predicted octanol–water partition coefficient (Wildman–Crippen LogP) is -1.19. The van der Waals surface area contributed by atoms with Crippen LogP contribution in [-0.2, 0) is 20.9 Å². The Labute approximate surface area is 175 Å². The number of rotatable bonds is 17. The molecular weight excluding hydrogens is 394 g/mol. The van der Waals surface area contributed by atoms with E-state index < -0.39 is 17.9 Å². The summed E-state index contributed by atoms with van der Waals surface area (Å²) in [5.41, 5.74) is 7.42. The monoisotopic (exact) mass is 425 g/mol. The maximum Gasteiger partial charge on any atom is 0.317 e. The second-order valence-corrected chi connectivity index (χ2v) is 6.83. The Balaban J connectivity index is 2.62. The van der Waals surface area contributed by atoms with Crippen molar-refractivity contribution in [2.45, 2.75) is 6.54 Å². The highest BCUT2D eigenvalue weighted by Gasteiger charge is 2.13. The van der Waals surface area contributed by atoms with Crippen molar-refractivity contribution in [2.24, 2.45) is 0 Å². The zero-order chi connectivity index (χ0) is 22.4.